The van der Waals surface area contributed by atoms with Crippen LogP contribution in [0.25, 0.3) is 0 Å². The van der Waals surface area contributed by atoms with E-state index in [0.29, 0.717) is 19.8 Å². The maximum atomic E-state index is 6.67. The Balaban J connectivity index is 4.91. The third-order valence-electron chi connectivity index (χ3n) is 4.80. The fourth-order valence-corrected chi connectivity index (χ4v) is 5.48. The lowest BCUT2D eigenvalue weighted by Gasteiger charge is -2.46. The lowest BCUT2D eigenvalue weighted by molar-refractivity contribution is -0.0362. The Bertz CT molecular complexity index is 359. The number of ether oxygens (including phenoxy) is 3. The van der Waals surface area contributed by atoms with E-state index in [4.69, 9.17) is 18.6 Å². The van der Waals surface area contributed by atoms with Gasteiger partial charge in [0.2, 0.25) is 8.32 Å². The minimum absolute atomic E-state index is 0.212. The van der Waals surface area contributed by atoms with E-state index in [1.807, 2.05) is 0 Å². The lowest BCUT2D eigenvalue weighted by Crippen LogP contribution is -2.60. The van der Waals surface area contributed by atoms with E-state index in [-0.39, 0.29) is 10.8 Å². The van der Waals surface area contributed by atoms with Crippen molar-refractivity contribution in [3.8, 4) is 0 Å². The lowest BCUT2D eigenvalue weighted by atomic mass is 10.0. The third-order valence-corrected chi connectivity index (χ3v) is 8.85. The van der Waals surface area contributed by atoms with Crippen molar-refractivity contribution in [1.29, 1.82) is 0 Å². The van der Waals surface area contributed by atoms with E-state index in [0.717, 1.165) is 19.3 Å². The Hall–Kier alpha value is -0.783. The van der Waals surface area contributed by atoms with Gasteiger partial charge in [-0.1, -0.05) is 27.0 Å². The highest BCUT2D eigenvalue weighted by Crippen LogP contribution is 2.35. The summed E-state index contributed by atoms with van der Waals surface area (Å²) in [4.78, 5) is 0. The third kappa shape index (κ3) is 7.10. The minimum atomic E-state index is -2.12. The summed E-state index contributed by atoms with van der Waals surface area (Å²) < 4.78 is 23.3. The largest absolute Gasteiger partial charge is 0.502 e. The van der Waals surface area contributed by atoms with Crippen molar-refractivity contribution in [2.24, 2.45) is 0 Å². The molecule has 0 aliphatic rings. The Kier molecular flexibility index (Phi) is 9.81. The first kappa shape index (κ1) is 22.2. The second-order valence-corrected chi connectivity index (χ2v) is 11.0. The molecule has 0 aromatic carbocycles. The van der Waals surface area contributed by atoms with E-state index in [9.17, 15) is 0 Å². The van der Waals surface area contributed by atoms with Crippen LogP contribution in [0, 0.1) is 0 Å². The van der Waals surface area contributed by atoms with E-state index < -0.39 is 8.32 Å². The zero-order valence-corrected chi connectivity index (χ0v) is 16.9. The molecule has 0 radical (unpaired) electrons. The van der Waals surface area contributed by atoms with Crippen molar-refractivity contribution in [3.63, 3.8) is 0 Å². The minimum Gasteiger partial charge on any atom is -0.502 e. The average Bonchev–Trinajstić information content (AvgIpc) is 2.51. The van der Waals surface area contributed by atoms with Gasteiger partial charge in [0, 0.05) is 6.42 Å². The highest BCUT2D eigenvalue weighted by Gasteiger charge is 2.48. The van der Waals surface area contributed by atoms with Crippen LogP contribution in [0.1, 0.15) is 47.0 Å². The highest BCUT2D eigenvalue weighted by atomic mass is 28.4. The van der Waals surface area contributed by atoms with E-state index >= 15 is 0 Å². The first-order chi connectivity index (χ1) is 10.7. The summed E-state index contributed by atoms with van der Waals surface area (Å²) in [6, 6.07) is 0. The quantitative estimate of drug-likeness (QED) is 0.257. The zero-order valence-electron chi connectivity index (χ0n) is 15.9. The predicted molar refractivity (Wildman–Crippen MR) is 98.8 cm³/mol. The normalized spacial score (nSPS) is 17.0. The molecular weight excluding hydrogens is 308 g/mol. The molecule has 0 aromatic rings. The monoisotopic (exact) mass is 344 g/mol. The van der Waals surface area contributed by atoms with Crippen LogP contribution in [0.15, 0.2) is 25.7 Å². The maximum Gasteiger partial charge on any atom is 0.218 e. The van der Waals surface area contributed by atoms with Gasteiger partial charge in [0.25, 0.3) is 0 Å². The summed E-state index contributed by atoms with van der Waals surface area (Å²) in [7, 11) is -2.12. The van der Waals surface area contributed by atoms with E-state index in [1.165, 1.54) is 12.5 Å². The first-order valence-corrected chi connectivity index (χ1v) is 11.4. The van der Waals surface area contributed by atoms with Gasteiger partial charge in [-0.2, -0.15) is 0 Å². The molecule has 0 heterocycles. The zero-order chi connectivity index (χ0) is 18.0. The molecule has 0 N–H and O–H groups in total. The molecule has 5 heteroatoms. The first-order valence-electron chi connectivity index (χ1n) is 8.49. The fourth-order valence-electron chi connectivity index (χ4n) is 2.48. The van der Waals surface area contributed by atoms with Crippen molar-refractivity contribution >= 4 is 8.32 Å². The van der Waals surface area contributed by atoms with E-state index in [1.54, 1.807) is 0 Å². The van der Waals surface area contributed by atoms with Gasteiger partial charge in [-0.25, -0.2) is 0 Å². The molecule has 2 unspecified atom stereocenters. The molecule has 0 saturated heterocycles. The van der Waals surface area contributed by atoms with Crippen molar-refractivity contribution in [2.45, 2.75) is 70.9 Å². The molecule has 23 heavy (non-hydrogen) atoms. The van der Waals surface area contributed by atoms with Crippen LogP contribution >= 0.6 is 0 Å². The molecule has 0 rings (SSSR count). The Labute approximate surface area is 144 Å². The fraction of sp³-hybridized carbons (Fsp3) is 0.778. The number of rotatable bonds is 14. The molecule has 0 spiro atoms. The molecule has 0 bridgehead atoms. The Morgan fingerprint density at radius 1 is 0.913 bits per heavy atom. The summed E-state index contributed by atoms with van der Waals surface area (Å²) in [5, 5.41) is -0.271. The highest BCUT2D eigenvalue weighted by molar-refractivity contribution is 6.74. The average molecular weight is 345 g/mol. The Morgan fingerprint density at radius 3 is 1.96 bits per heavy atom. The van der Waals surface area contributed by atoms with Gasteiger partial charge in [-0.3, -0.25) is 0 Å². The summed E-state index contributed by atoms with van der Waals surface area (Å²) in [6.07, 6.45) is 5.61. The number of hydrogen-bond donors (Lipinski definition) is 0. The van der Waals surface area contributed by atoms with Gasteiger partial charge < -0.3 is 18.6 Å². The molecule has 0 aliphatic carbocycles. The van der Waals surface area contributed by atoms with Crippen LogP contribution in [-0.4, -0.2) is 39.0 Å². The van der Waals surface area contributed by atoms with Crippen LogP contribution in [0.5, 0.6) is 0 Å². The van der Waals surface area contributed by atoms with Crippen LogP contribution in [0.2, 0.25) is 13.1 Å². The molecule has 0 aliphatic heterocycles. The molecule has 0 amide bonds. The van der Waals surface area contributed by atoms with Crippen LogP contribution in [0.3, 0.4) is 0 Å². The molecule has 0 saturated carbocycles. The molecule has 0 fully saturated rings. The van der Waals surface area contributed by atoms with Crippen LogP contribution in [0.4, 0.5) is 0 Å². The molecule has 136 valence electrons. The van der Waals surface area contributed by atoms with E-state index in [2.05, 4.69) is 53.9 Å². The smallest absolute Gasteiger partial charge is 0.218 e. The van der Waals surface area contributed by atoms with Gasteiger partial charge in [0.1, 0.15) is 6.61 Å². The summed E-state index contributed by atoms with van der Waals surface area (Å²) in [5.74, 6) is 0. The van der Waals surface area contributed by atoms with Gasteiger partial charge in [0.05, 0.1) is 36.6 Å². The topological polar surface area (TPSA) is 36.9 Å². The van der Waals surface area contributed by atoms with Gasteiger partial charge in [-0.15, -0.1) is 0 Å². The van der Waals surface area contributed by atoms with Gasteiger partial charge in [-0.05, 0) is 39.8 Å². The summed E-state index contributed by atoms with van der Waals surface area (Å²) in [6.45, 7) is 21.9. The SMILES string of the molecule is C=COCCOC(C)(CC)[Si](C)(C)OC(C)(CC)CCOC=C. The van der Waals surface area contributed by atoms with Crippen molar-refractivity contribution < 1.29 is 18.6 Å². The van der Waals surface area contributed by atoms with Crippen molar-refractivity contribution in [3.05, 3.63) is 25.7 Å². The molecular formula is C18H36O4Si. The Morgan fingerprint density at radius 2 is 1.48 bits per heavy atom. The van der Waals surface area contributed by atoms with Gasteiger partial charge in [0.15, 0.2) is 0 Å². The molecule has 0 aromatic heterocycles. The second kappa shape index (κ2) is 10.2. The second-order valence-electron chi connectivity index (χ2n) is 6.67. The molecule has 2 atom stereocenters. The summed E-state index contributed by atoms with van der Waals surface area (Å²) in [5.41, 5.74) is -0.212. The predicted octanol–water partition coefficient (Wildman–Crippen LogP) is 4.81. The molecule has 4 nitrogen and oxygen atoms in total. The van der Waals surface area contributed by atoms with Crippen molar-refractivity contribution in [2.75, 3.05) is 19.8 Å². The standard InChI is InChI=1S/C18H36O4Si/c1-9-17(5,13-14-19-11-3)22-23(7,8)18(6,10-2)21-16-15-20-12-4/h11-12H,3-4,9-10,13-16H2,1-2,5-8H3. The van der Waals surface area contributed by atoms with Crippen molar-refractivity contribution in [1.82, 2.24) is 0 Å². The summed E-state index contributed by atoms with van der Waals surface area (Å²) >= 11 is 0. The van der Waals surface area contributed by atoms with Gasteiger partial charge >= 0.3 is 0 Å². The maximum absolute atomic E-state index is 6.67. The van der Waals surface area contributed by atoms with Crippen LogP contribution < -0.4 is 0 Å². The van der Waals surface area contributed by atoms with Crippen LogP contribution in [-0.2, 0) is 18.6 Å². The number of hydrogen-bond acceptors (Lipinski definition) is 4.